The van der Waals surface area contributed by atoms with Crippen molar-refractivity contribution in [1.29, 1.82) is 0 Å². The Labute approximate surface area is 184 Å². The van der Waals surface area contributed by atoms with Crippen molar-refractivity contribution in [2.24, 2.45) is 4.40 Å². The molecule has 0 spiro atoms. The van der Waals surface area contributed by atoms with Gasteiger partial charge < -0.3 is 10.2 Å². The van der Waals surface area contributed by atoms with Crippen LogP contribution >= 0.6 is 11.8 Å². The molecule has 3 heterocycles. The minimum absolute atomic E-state index is 0.00959. The van der Waals surface area contributed by atoms with Crippen molar-refractivity contribution < 1.29 is 13.2 Å². The number of fused-ring (bicyclic) bond motifs is 3. The molecule has 5 rings (SSSR count). The molecule has 31 heavy (non-hydrogen) atoms. The van der Waals surface area contributed by atoms with E-state index in [1.807, 2.05) is 59.8 Å². The van der Waals surface area contributed by atoms with Crippen LogP contribution in [0.3, 0.4) is 0 Å². The first-order valence-electron chi connectivity index (χ1n) is 9.66. The number of aryl methyl sites for hydroxylation is 2. The van der Waals surface area contributed by atoms with E-state index in [-0.39, 0.29) is 11.7 Å². The third kappa shape index (κ3) is 3.72. The summed E-state index contributed by atoms with van der Waals surface area (Å²) in [5.41, 5.74) is 4.84. The number of thioether (sulfide) groups is 1. The molecule has 0 aliphatic carbocycles. The van der Waals surface area contributed by atoms with Gasteiger partial charge in [0.15, 0.2) is 5.17 Å². The van der Waals surface area contributed by atoms with Crippen LogP contribution in [0.5, 0.6) is 0 Å². The zero-order chi connectivity index (χ0) is 21.8. The van der Waals surface area contributed by atoms with Crippen molar-refractivity contribution in [3.63, 3.8) is 0 Å². The molecule has 2 aromatic carbocycles. The van der Waals surface area contributed by atoms with E-state index in [0.717, 1.165) is 27.7 Å². The van der Waals surface area contributed by atoms with Gasteiger partial charge in [-0.25, -0.2) is 13.1 Å². The molecule has 0 radical (unpaired) electrons. The third-order valence-electron chi connectivity index (χ3n) is 5.09. The first-order valence-corrected chi connectivity index (χ1v) is 12.1. The quantitative estimate of drug-likeness (QED) is 0.653. The number of sulfonamides is 1. The minimum atomic E-state index is -3.41. The first kappa shape index (κ1) is 19.8. The zero-order valence-electron chi connectivity index (χ0n) is 16.9. The average Bonchev–Trinajstić information content (AvgIpc) is 3.24. The van der Waals surface area contributed by atoms with Crippen LogP contribution in [0, 0.1) is 13.8 Å². The molecule has 0 fully saturated rings. The maximum Gasteiger partial charge on any atom is 0.257 e. The van der Waals surface area contributed by atoms with E-state index < -0.39 is 10.0 Å². The van der Waals surface area contributed by atoms with Crippen molar-refractivity contribution in [3.8, 4) is 5.69 Å². The molecule has 0 unspecified atom stereocenters. The Morgan fingerprint density at radius 3 is 2.74 bits per heavy atom. The number of carbonyl (C=O) groups is 1. The number of rotatable bonds is 3. The molecule has 1 amide bonds. The highest BCUT2D eigenvalue weighted by atomic mass is 32.2. The lowest BCUT2D eigenvalue weighted by molar-refractivity contribution is 0.102. The second-order valence-electron chi connectivity index (χ2n) is 7.44. The van der Waals surface area contributed by atoms with E-state index in [2.05, 4.69) is 14.8 Å². The lowest BCUT2D eigenvalue weighted by Gasteiger charge is -2.22. The maximum absolute atomic E-state index is 12.9. The third-order valence-corrected chi connectivity index (χ3v) is 7.40. The molecule has 1 N–H and O–H groups in total. The van der Waals surface area contributed by atoms with Crippen molar-refractivity contribution >= 4 is 44.2 Å². The summed E-state index contributed by atoms with van der Waals surface area (Å²) in [7, 11) is -3.41. The van der Waals surface area contributed by atoms with Crippen LogP contribution in [0.4, 0.5) is 11.4 Å². The van der Waals surface area contributed by atoms with Gasteiger partial charge in [-0.05, 0) is 68.1 Å². The minimum Gasteiger partial charge on any atom is -0.322 e. The van der Waals surface area contributed by atoms with Gasteiger partial charge in [0.25, 0.3) is 15.9 Å². The van der Waals surface area contributed by atoms with Crippen molar-refractivity contribution in [3.05, 3.63) is 65.5 Å². The van der Waals surface area contributed by atoms with E-state index in [9.17, 15) is 13.2 Å². The van der Waals surface area contributed by atoms with Crippen LogP contribution in [-0.4, -0.2) is 41.6 Å². The van der Waals surface area contributed by atoms with Crippen molar-refractivity contribution in [2.75, 3.05) is 22.5 Å². The molecule has 0 saturated carbocycles. The topological polar surface area (TPSA) is 96.7 Å². The highest BCUT2D eigenvalue weighted by Gasteiger charge is 2.33. The average molecular weight is 454 g/mol. The summed E-state index contributed by atoms with van der Waals surface area (Å²) in [6.45, 7) is 4.29. The van der Waals surface area contributed by atoms with E-state index >= 15 is 0 Å². The lowest BCUT2D eigenvalue weighted by Crippen LogP contribution is -2.35. The summed E-state index contributed by atoms with van der Waals surface area (Å²) in [5, 5.41) is 7.86. The van der Waals surface area contributed by atoms with Crippen molar-refractivity contribution in [1.82, 2.24) is 9.78 Å². The second kappa shape index (κ2) is 7.24. The predicted molar refractivity (Wildman–Crippen MR) is 122 cm³/mol. The fourth-order valence-electron chi connectivity index (χ4n) is 3.68. The highest BCUT2D eigenvalue weighted by molar-refractivity contribution is 8.15. The van der Waals surface area contributed by atoms with Crippen LogP contribution in [0.15, 0.2) is 57.8 Å². The molecule has 158 valence electrons. The van der Waals surface area contributed by atoms with Gasteiger partial charge in [0.1, 0.15) is 0 Å². The summed E-state index contributed by atoms with van der Waals surface area (Å²) < 4.78 is 29.2. The number of hydrogen-bond acceptors (Lipinski definition) is 6. The number of aromatic nitrogens is 2. The largest absolute Gasteiger partial charge is 0.322 e. The number of hydrogen-bond donors (Lipinski definition) is 1. The smallest absolute Gasteiger partial charge is 0.257 e. The Hall–Kier alpha value is -3.11. The van der Waals surface area contributed by atoms with E-state index in [0.29, 0.717) is 23.0 Å². The van der Waals surface area contributed by atoms with Gasteiger partial charge in [0.05, 0.1) is 22.8 Å². The molecule has 2 aliphatic heterocycles. The van der Waals surface area contributed by atoms with E-state index in [1.54, 1.807) is 12.1 Å². The van der Waals surface area contributed by atoms with Gasteiger partial charge in [-0.2, -0.15) is 5.10 Å². The zero-order valence-corrected chi connectivity index (χ0v) is 18.5. The molecule has 8 nitrogen and oxygen atoms in total. The first-order chi connectivity index (χ1) is 14.8. The molecule has 1 aromatic heterocycles. The molecule has 2 aliphatic rings. The number of anilines is 2. The maximum atomic E-state index is 12.9. The number of carbonyl (C=O) groups excluding carboxylic acids is 1. The van der Waals surface area contributed by atoms with E-state index in [1.165, 1.54) is 11.8 Å². The van der Waals surface area contributed by atoms with Crippen LogP contribution < -0.4 is 10.2 Å². The normalized spacial score (nSPS) is 16.5. The molecule has 0 saturated heterocycles. The number of nitrogens with one attached hydrogen (secondary N) is 1. The Balaban J connectivity index is 1.38. The SMILES string of the molecule is Cc1cc(C)n(-c2cccc(NC(=O)c3ccc4c(c3)SC3=NS(=O)(=O)CCN34)c2)n1. The second-order valence-corrected chi connectivity index (χ2v) is 10.2. The lowest BCUT2D eigenvalue weighted by atomic mass is 10.1. The van der Waals surface area contributed by atoms with Gasteiger partial charge >= 0.3 is 0 Å². The Bertz CT molecular complexity index is 1360. The Morgan fingerprint density at radius 1 is 1.13 bits per heavy atom. The molecule has 0 atom stereocenters. The van der Waals surface area contributed by atoms with Crippen LogP contribution in [0.1, 0.15) is 21.7 Å². The Kier molecular flexibility index (Phi) is 4.63. The number of amidine groups is 1. The number of nitrogens with zero attached hydrogens (tertiary/aromatic N) is 4. The van der Waals surface area contributed by atoms with E-state index in [4.69, 9.17) is 0 Å². The van der Waals surface area contributed by atoms with Crippen LogP contribution in [0.25, 0.3) is 5.69 Å². The molecule has 10 heteroatoms. The van der Waals surface area contributed by atoms with Gasteiger partial charge in [-0.3, -0.25) is 4.79 Å². The van der Waals surface area contributed by atoms with Gasteiger partial charge in [-0.1, -0.05) is 6.07 Å². The predicted octanol–water partition coefficient (Wildman–Crippen LogP) is 3.35. The van der Waals surface area contributed by atoms with Gasteiger partial charge in [0, 0.05) is 28.4 Å². The molecule has 3 aromatic rings. The summed E-state index contributed by atoms with van der Waals surface area (Å²) >= 11 is 1.27. The van der Waals surface area contributed by atoms with Crippen molar-refractivity contribution in [2.45, 2.75) is 18.7 Å². The fraction of sp³-hybridized carbons (Fsp3) is 0.190. The summed E-state index contributed by atoms with van der Waals surface area (Å²) in [6, 6.07) is 14.9. The summed E-state index contributed by atoms with van der Waals surface area (Å²) in [6.07, 6.45) is 0. The van der Waals surface area contributed by atoms with Gasteiger partial charge in [-0.15, -0.1) is 4.40 Å². The molecule has 0 bridgehead atoms. The summed E-state index contributed by atoms with van der Waals surface area (Å²) in [5.74, 6) is -0.252. The molecular weight excluding hydrogens is 434 g/mol. The Morgan fingerprint density at radius 2 is 1.97 bits per heavy atom. The fourth-order valence-corrected chi connectivity index (χ4v) is 5.98. The van der Waals surface area contributed by atoms with Crippen LogP contribution in [0.2, 0.25) is 0 Å². The van der Waals surface area contributed by atoms with Gasteiger partial charge in [0.2, 0.25) is 0 Å². The monoisotopic (exact) mass is 453 g/mol. The molecular formula is C21H19N5O3S2. The number of amides is 1. The summed E-state index contributed by atoms with van der Waals surface area (Å²) in [4.78, 5) is 15.6. The highest BCUT2D eigenvalue weighted by Crippen LogP contribution is 2.42. The van der Waals surface area contributed by atoms with Crippen LogP contribution in [-0.2, 0) is 10.0 Å². The standard InChI is InChI=1S/C21H19N5O3S2/c1-13-10-14(2)26(23-13)17-5-3-4-16(12-17)22-20(27)15-6-7-18-19(11-15)30-21-24-31(28,29)9-8-25(18)21/h3-7,10-12H,8-9H2,1-2H3,(H,22,27). The number of benzene rings is 2.